The van der Waals surface area contributed by atoms with Crippen LogP contribution in [0, 0.1) is 0 Å². The van der Waals surface area contributed by atoms with Crippen LogP contribution >= 0.6 is 0 Å². The van der Waals surface area contributed by atoms with E-state index in [1.165, 1.54) is 11.1 Å². The fourth-order valence-electron chi connectivity index (χ4n) is 4.59. The van der Waals surface area contributed by atoms with Crippen molar-refractivity contribution in [3.05, 3.63) is 77.7 Å². The van der Waals surface area contributed by atoms with E-state index in [4.69, 9.17) is 14.6 Å². The molecule has 0 spiro atoms. The van der Waals surface area contributed by atoms with Crippen LogP contribution in [0.15, 0.2) is 60.9 Å². The Morgan fingerprint density at radius 1 is 0.970 bits per heavy atom. The van der Waals surface area contributed by atoms with E-state index < -0.39 is 12.1 Å². The van der Waals surface area contributed by atoms with Gasteiger partial charge in [0.05, 0.1) is 12.4 Å². The van der Waals surface area contributed by atoms with Crippen LogP contribution in [-0.2, 0) is 9.47 Å². The Bertz CT molecular complexity index is 1130. The quantitative estimate of drug-likeness (QED) is 0.631. The molecule has 0 saturated carbocycles. The van der Waals surface area contributed by atoms with Gasteiger partial charge in [-0.1, -0.05) is 48.5 Å². The Hall–Kier alpha value is -3.78. The lowest BCUT2D eigenvalue weighted by Gasteiger charge is -2.32. The van der Waals surface area contributed by atoms with Crippen molar-refractivity contribution in [2.75, 3.05) is 24.7 Å². The molecule has 8 heteroatoms. The molecule has 168 valence electrons. The van der Waals surface area contributed by atoms with Crippen LogP contribution in [0.3, 0.4) is 0 Å². The highest BCUT2D eigenvalue weighted by atomic mass is 16.6. The highest BCUT2D eigenvalue weighted by molar-refractivity contribution is 5.88. The van der Waals surface area contributed by atoms with Crippen molar-refractivity contribution in [3.8, 4) is 11.1 Å². The second kappa shape index (κ2) is 8.99. The molecule has 33 heavy (non-hydrogen) atoms. The Morgan fingerprint density at radius 3 is 2.18 bits per heavy atom. The van der Waals surface area contributed by atoms with Gasteiger partial charge in [0.25, 0.3) is 0 Å². The van der Waals surface area contributed by atoms with E-state index >= 15 is 0 Å². The first kappa shape index (κ1) is 21.1. The number of fused-ring (bicyclic) bond motifs is 3. The second-order valence-electron chi connectivity index (χ2n) is 8.08. The molecule has 3 aromatic rings. The van der Waals surface area contributed by atoms with Crippen LogP contribution < -0.4 is 4.90 Å². The summed E-state index contributed by atoms with van der Waals surface area (Å²) in [6.45, 7) is 1.24. The van der Waals surface area contributed by atoms with Crippen LogP contribution in [0.2, 0.25) is 0 Å². The zero-order chi connectivity index (χ0) is 22.8. The zero-order valence-corrected chi connectivity index (χ0v) is 17.9. The highest BCUT2D eigenvalue weighted by Crippen LogP contribution is 2.44. The minimum absolute atomic E-state index is 0.0571. The molecular weight excluding hydrogens is 422 g/mol. The molecule has 1 aliphatic carbocycles. The number of hydrogen-bond donors (Lipinski definition) is 1. The third-order valence-electron chi connectivity index (χ3n) is 6.19. The lowest BCUT2D eigenvalue weighted by atomic mass is 9.98. The van der Waals surface area contributed by atoms with Crippen molar-refractivity contribution in [1.82, 2.24) is 9.97 Å². The summed E-state index contributed by atoms with van der Waals surface area (Å²) in [7, 11) is 0. The van der Waals surface area contributed by atoms with Crippen LogP contribution in [0.1, 0.15) is 40.4 Å². The maximum Gasteiger partial charge on any atom is 0.415 e. The molecule has 0 bridgehead atoms. The van der Waals surface area contributed by atoms with Gasteiger partial charge >= 0.3 is 12.1 Å². The molecule has 0 atom stereocenters. The fourth-order valence-corrected chi connectivity index (χ4v) is 4.59. The molecule has 8 nitrogen and oxygen atoms in total. The molecule has 2 aromatic carbocycles. The molecule has 1 N–H and O–H groups in total. The van der Waals surface area contributed by atoms with Gasteiger partial charge in [-0.25, -0.2) is 19.6 Å². The van der Waals surface area contributed by atoms with Gasteiger partial charge < -0.3 is 14.6 Å². The molecule has 0 radical (unpaired) electrons. The van der Waals surface area contributed by atoms with Gasteiger partial charge in [-0.2, -0.15) is 0 Å². The predicted molar refractivity (Wildman–Crippen MR) is 120 cm³/mol. The van der Waals surface area contributed by atoms with E-state index in [0.717, 1.165) is 28.5 Å². The maximum absolute atomic E-state index is 13.3. The van der Waals surface area contributed by atoms with E-state index in [1.54, 1.807) is 0 Å². The van der Waals surface area contributed by atoms with Gasteiger partial charge in [-0.15, -0.1) is 0 Å². The van der Waals surface area contributed by atoms with Gasteiger partial charge in [0.1, 0.15) is 6.61 Å². The highest BCUT2D eigenvalue weighted by Gasteiger charge is 2.33. The minimum Gasteiger partial charge on any atom is -0.476 e. The number of carbonyl (C=O) groups excluding carboxylic acids is 1. The number of amides is 1. The van der Waals surface area contributed by atoms with E-state index in [1.807, 2.05) is 24.3 Å². The fraction of sp³-hybridized carbons (Fsp3) is 0.280. The number of carboxylic acid groups (broad SMARTS) is 1. The summed E-state index contributed by atoms with van der Waals surface area (Å²) in [4.78, 5) is 34.1. The van der Waals surface area contributed by atoms with Gasteiger partial charge in [0.2, 0.25) is 0 Å². The van der Waals surface area contributed by atoms with Crippen molar-refractivity contribution in [2.24, 2.45) is 0 Å². The van der Waals surface area contributed by atoms with Crippen molar-refractivity contribution in [2.45, 2.75) is 24.8 Å². The largest absolute Gasteiger partial charge is 0.476 e. The number of carboxylic acids is 1. The number of nitrogens with zero attached hydrogens (tertiary/aromatic N) is 3. The third kappa shape index (κ3) is 4.05. The first-order valence-electron chi connectivity index (χ1n) is 10.9. The number of hydrogen-bond acceptors (Lipinski definition) is 6. The molecular formula is C25H23N3O5. The predicted octanol–water partition coefficient (Wildman–Crippen LogP) is 4.11. The van der Waals surface area contributed by atoms with Crippen molar-refractivity contribution < 1.29 is 24.2 Å². The lowest BCUT2D eigenvalue weighted by molar-refractivity contribution is 0.0690. The normalized spacial score (nSPS) is 15.5. The summed E-state index contributed by atoms with van der Waals surface area (Å²) in [5, 5.41) is 9.11. The van der Waals surface area contributed by atoms with Crippen LogP contribution in [0.5, 0.6) is 0 Å². The summed E-state index contributed by atoms with van der Waals surface area (Å²) in [6.07, 6.45) is 3.20. The minimum atomic E-state index is -1.17. The first-order valence-corrected chi connectivity index (χ1v) is 10.9. The summed E-state index contributed by atoms with van der Waals surface area (Å²) in [5.74, 6) is -0.963. The first-order chi connectivity index (χ1) is 16.1. The van der Waals surface area contributed by atoms with Crippen molar-refractivity contribution in [1.29, 1.82) is 0 Å². The van der Waals surface area contributed by atoms with Crippen LogP contribution in [0.25, 0.3) is 11.1 Å². The number of benzene rings is 2. The summed E-state index contributed by atoms with van der Waals surface area (Å²) in [6, 6.07) is 16.2. The number of carbonyl (C=O) groups is 2. The van der Waals surface area contributed by atoms with Gasteiger partial charge in [0.15, 0.2) is 11.5 Å². The Balaban J connectivity index is 1.39. The summed E-state index contributed by atoms with van der Waals surface area (Å²) < 4.78 is 11.3. The Labute approximate surface area is 190 Å². The number of anilines is 1. The number of rotatable bonds is 5. The molecule has 5 rings (SSSR count). The molecule has 1 saturated heterocycles. The van der Waals surface area contributed by atoms with E-state index in [0.29, 0.717) is 26.1 Å². The number of aromatic nitrogens is 2. The molecule has 0 unspecified atom stereocenters. The topological polar surface area (TPSA) is 102 Å². The van der Waals surface area contributed by atoms with Crippen LogP contribution in [-0.4, -0.2) is 53.0 Å². The number of aromatic carboxylic acids is 1. The Kier molecular flexibility index (Phi) is 5.75. The van der Waals surface area contributed by atoms with Crippen molar-refractivity contribution >= 4 is 17.9 Å². The molecule has 2 heterocycles. The SMILES string of the molecule is O=C(O)c1cnc(N(C(=O)OCC2c3ccccc3-c3ccccc32)C2CCOCC2)cn1. The third-order valence-corrected chi connectivity index (χ3v) is 6.19. The standard InChI is InChI=1S/C25H23N3O5/c29-24(30)22-13-27-23(14-26-22)28(16-9-11-32-12-10-16)25(31)33-15-21-19-7-3-1-5-17(19)18-6-2-4-8-20(18)21/h1-8,13-14,16,21H,9-12,15H2,(H,29,30). The van der Waals surface area contributed by atoms with E-state index in [9.17, 15) is 9.59 Å². The summed E-state index contributed by atoms with van der Waals surface area (Å²) in [5.41, 5.74) is 4.40. The van der Waals surface area contributed by atoms with Crippen LogP contribution in [0.4, 0.5) is 10.6 Å². The van der Waals surface area contributed by atoms with Crippen molar-refractivity contribution in [3.63, 3.8) is 0 Å². The molecule has 1 fully saturated rings. The summed E-state index contributed by atoms with van der Waals surface area (Å²) >= 11 is 0. The second-order valence-corrected chi connectivity index (χ2v) is 8.08. The smallest absolute Gasteiger partial charge is 0.415 e. The van der Waals surface area contributed by atoms with Gasteiger partial charge in [-0.05, 0) is 35.1 Å². The molecule has 1 amide bonds. The molecule has 1 aromatic heterocycles. The van der Waals surface area contributed by atoms with E-state index in [-0.39, 0.29) is 30.1 Å². The number of ether oxygens (including phenoxy) is 2. The Morgan fingerprint density at radius 2 is 1.61 bits per heavy atom. The lowest BCUT2D eigenvalue weighted by Crippen LogP contribution is -2.44. The molecule has 2 aliphatic rings. The van der Waals surface area contributed by atoms with Gasteiger partial charge in [0, 0.05) is 25.2 Å². The zero-order valence-electron chi connectivity index (χ0n) is 17.9. The monoisotopic (exact) mass is 445 g/mol. The average Bonchev–Trinajstić information content (AvgIpc) is 3.18. The average molecular weight is 445 g/mol. The van der Waals surface area contributed by atoms with E-state index in [2.05, 4.69) is 34.2 Å². The maximum atomic E-state index is 13.3. The molecule has 1 aliphatic heterocycles. The van der Waals surface area contributed by atoms with Gasteiger partial charge in [-0.3, -0.25) is 4.90 Å².